The zero-order chi connectivity index (χ0) is 9.28. The van der Waals surface area contributed by atoms with Crippen LogP contribution in [-0.4, -0.2) is 21.9 Å². The molecule has 0 saturated carbocycles. The van der Waals surface area contributed by atoms with Crippen LogP contribution < -0.4 is 0 Å². The second-order valence-corrected chi connectivity index (χ2v) is 5.50. The van der Waals surface area contributed by atoms with Crippen molar-refractivity contribution in [3.8, 4) is 0 Å². The predicted molar refractivity (Wildman–Crippen MR) is 55.2 cm³/mol. The monoisotopic (exact) mass is 175 g/mol. The highest BCUT2D eigenvalue weighted by atomic mass is 32.1. The minimum atomic E-state index is -0.0208. The number of thiol groups is 1. The van der Waals surface area contributed by atoms with E-state index in [1.54, 1.807) is 0 Å². The smallest absolute Gasteiger partial charge is 0.0587 e. The van der Waals surface area contributed by atoms with Crippen molar-refractivity contribution in [1.29, 1.82) is 0 Å². The summed E-state index contributed by atoms with van der Waals surface area (Å²) in [5.41, 5.74) is 0.208. The molecule has 0 bridgehead atoms. The average molecular weight is 175 g/mol. The Balaban J connectivity index is 4.43. The van der Waals surface area contributed by atoms with Crippen LogP contribution >= 0.6 is 12.6 Å². The molecule has 0 aromatic carbocycles. The van der Waals surface area contributed by atoms with E-state index < -0.39 is 0 Å². The van der Waals surface area contributed by atoms with Gasteiger partial charge in [0.05, 0.1) is 4.87 Å². The van der Waals surface area contributed by atoms with Crippen LogP contribution in [0.1, 0.15) is 41.5 Å². The van der Waals surface area contributed by atoms with Crippen LogP contribution in [-0.2, 0) is 0 Å². The van der Waals surface area contributed by atoms with Crippen molar-refractivity contribution in [2.24, 2.45) is 0 Å². The van der Waals surface area contributed by atoms with E-state index in [4.69, 9.17) is 0 Å². The van der Waals surface area contributed by atoms with Gasteiger partial charge in [0.2, 0.25) is 0 Å². The fraction of sp³-hybridized carbons (Fsp3) is 1.00. The van der Waals surface area contributed by atoms with E-state index >= 15 is 0 Å². The van der Waals surface area contributed by atoms with E-state index in [2.05, 4.69) is 59.1 Å². The summed E-state index contributed by atoms with van der Waals surface area (Å²) in [6.07, 6.45) is 0. The van der Waals surface area contributed by atoms with Crippen molar-refractivity contribution in [3.63, 3.8) is 0 Å². The van der Waals surface area contributed by atoms with Crippen LogP contribution in [0.3, 0.4) is 0 Å². The van der Waals surface area contributed by atoms with E-state index in [1.807, 2.05) is 0 Å². The highest BCUT2D eigenvalue weighted by Gasteiger charge is 2.30. The maximum atomic E-state index is 4.55. The minimum absolute atomic E-state index is 0.0208. The molecule has 0 amide bonds. The SMILES string of the molecule is CCN(C(C)(C)C)C(C)(C)S. The van der Waals surface area contributed by atoms with Crippen LogP contribution in [0.25, 0.3) is 0 Å². The van der Waals surface area contributed by atoms with Crippen molar-refractivity contribution < 1.29 is 0 Å². The molecule has 2 heteroatoms. The molecule has 0 unspecified atom stereocenters. The number of rotatable bonds is 2. The maximum Gasteiger partial charge on any atom is 0.0587 e. The largest absolute Gasteiger partial charge is 0.285 e. The Hall–Kier alpha value is 0.310. The first-order valence-corrected chi connectivity index (χ1v) is 4.64. The van der Waals surface area contributed by atoms with Gasteiger partial charge < -0.3 is 0 Å². The van der Waals surface area contributed by atoms with Gasteiger partial charge in [0.1, 0.15) is 0 Å². The summed E-state index contributed by atoms with van der Waals surface area (Å²) in [6.45, 7) is 14.1. The lowest BCUT2D eigenvalue weighted by Crippen LogP contribution is -2.50. The average Bonchev–Trinajstić information content (AvgIpc) is 1.56. The van der Waals surface area contributed by atoms with E-state index in [-0.39, 0.29) is 10.4 Å². The lowest BCUT2D eigenvalue weighted by Gasteiger charge is -2.43. The van der Waals surface area contributed by atoms with E-state index in [9.17, 15) is 0 Å². The van der Waals surface area contributed by atoms with Crippen molar-refractivity contribution >= 4 is 12.6 Å². The molecule has 11 heavy (non-hydrogen) atoms. The zero-order valence-electron chi connectivity index (χ0n) is 8.60. The molecular formula is C9H21NS. The Bertz CT molecular complexity index is 105. The summed E-state index contributed by atoms with van der Waals surface area (Å²) >= 11 is 4.55. The number of nitrogens with zero attached hydrogens (tertiary/aromatic N) is 1. The maximum absolute atomic E-state index is 4.55. The van der Waals surface area contributed by atoms with Crippen molar-refractivity contribution in [2.75, 3.05) is 6.54 Å². The first-order valence-electron chi connectivity index (χ1n) is 4.19. The molecular weight excluding hydrogens is 154 g/mol. The fourth-order valence-electron chi connectivity index (χ4n) is 1.68. The summed E-state index contributed by atoms with van der Waals surface area (Å²) < 4.78 is 0. The number of hydrogen-bond donors (Lipinski definition) is 1. The van der Waals surface area contributed by atoms with Crippen LogP contribution in [0.4, 0.5) is 0 Å². The predicted octanol–water partition coefficient (Wildman–Crippen LogP) is 2.77. The Labute approximate surface area is 76.6 Å². The second-order valence-electron chi connectivity index (χ2n) is 4.41. The molecule has 0 heterocycles. The van der Waals surface area contributed by atoms with E-state index in [0.29, 0.717) is 0 Å². The lowest BCUT2D eigenvalue weighted by atomic mass is 10.0. The van der Waals surface area contributed by atoms with Crippen LogP contribution in [0, 0.1) is 0 Å². The van der Waals surface area contributed by atoms with Gasteiger partial charge in [-0.05, 0) is 41.2 Å². The molecule has 0 N–H and O–H groups in total. The summed E-state index contributed by atoms with van der Waals surface area (Å²) in [6, 6.07) is 0. The zero-order valence-corrected chi connectivity index (χ0v) is 9.50. The molecule has 0 radical (unpaired) electrons. The molecule has 0 saturated heterocycles. The van der Waals surface area contributed by atoms with Gasteiger partial charge in [0.15, 0.2) is 0 Å². The summed E-state index contributed by atoms with van der Waals surface area (Å²) in [7, 11) is 0. The number of hydrogen-bond acceptors (Lipinski definition) is 2. The fourth-order valence-corrected chi connectivity index (χ4v) is 2.12. The molecule has 0 spiro atoms. The van der Waals surface area contributed by atoms with Gasteiger partial charge >= 0.3 is 0 Å². The van der Waals surface area contributed by atoms with E-state index in [1.165, 1.54) is 0 Å². The van der Waals surface area contributed by atoms with Crippen LogP contribution in [0.5, 0.6) is 0 Å². The Morgan fingerprint density at radius 1 is 1.09 bits per heavy atom. The van der Waals surface area contributed by atoms with E-state index in [0.717, 1.165) is 6.54 Å². The molecule has 0 aromatic rings. The third kappa shape index (κ3) is 3.48. The third-order valence-corrected chi connectivity index (χ3v) is 2.03. The van der Waals surface area contributed by atoms with Gasteiger partial charge in [-0.15, -0.1) is 0 Å². The second kappa shape index (κ2) is 3.36. The Kier molecular flexibility index (Phi) is 3.45. The topological polar surface area (TPSA) is 3.24 Å². The quantitative estimate of drug-likeness (QED) is 0.499. The first kappa shape index (κ1) is 11.3. The Morgan fingerprint density at radius 3 is 1.45 bits per heavy atom. The van der Waals surface area contributed by atoms with Gasteiger partial charge in [-0.1, -0.05) is 6.92 Å². The van der Waals surface area contributed by atoms with Gasteiger partial charge in [0, 0.05) is 5.54 Å². The first-order chi connectivity index (χ1) is 4.69. The van der Waals surface area contributed by atoms with Gasteiger partial charge in [-0.2, -0.15) is 12.6 Å². The summed E-state index contributed by atoms with van der Waals surface area (Å²) in [4.78, 5) is 2.34. The van der Waals surface area contributed by atoms with Gasteiger partial charge in [-0.3, -0.25) is 4.90 Å². The molecule has 0 atom stereocenters. The van der Waals surface area contributed by atoms with Crippen LogP contribution in [0.15, 0.2) is 0 Å². The van der Waals surface area contributed by atoms with Crippen LogP contribution in [0.2, 0.25) is 0 Å². The van der Waals surface area contributed by atoms with Crippen molar-refractivity contribution in [2.45, 2.75) is 52.0 Å². The normalized spacial score (nSPS) is 14.2. The molecule has 0 fully saturated rings. The van der Waals surface area contributed by atoms with Crippen molar-refractivity contribution in [3.05, 3.63) is 0 Å². The standard InChI is InChI=1S/C9H21NS/c1-7-10(8(2,3)4)9(5,6)11/h11H,7H2,1-6H3. The van der Waals surface area contributed by atoms with Gasteiger partial charge in [0.25, 0.3) is 0 Å². The van der Waals surface area contributed by atoms with Crippen molar-refractivity contribution in [1.82, 2.24) is 4.90 Å². The molecule has 0 aliphatic rings. The molecule has 68 valence electrons. The lowest BCUT2D eigenvalue weighted by molar-refractivity contribution is 0.0888. The van der Waals surface area contributed by atoms with Gasteiger partial charge in [-0.25, -0.2) is 0 Å². The molecule has 0 rings (SSSR count). The third-order valence-electron chi connectivity index (χ3n) is 1.79. The summed E-state index contributed by atoms with van der Waals surface area (Å²) in [5, 5.41) is 0. The summed E-state index contributed by atoms with van der Waals surface area (Å²) in [5.74, 6) is 0. The Morgan fingerprint density at radius 2 is 1.45 bits per heavy atom. The molecule has 1 nitrogen and oxygen atoms in total. The highest BCUT2D eigenvalue weighted by Crippen LogP contribution is 2.26. The molecule has 0 aromatic heterocycles. The minimum Gasteiger partial charge on any atom is -0.285 e. The molecule has 0 aliphatic carbocycles. The molecule has 0 aliphatic heterocycles. The highest BCUT2D eigenvalue weighted by molar-refractivity contribution is 7.81.